The van der Waals surface area contributed by atoms with Crippen LogP contribution in [0, 0.1) is 0 Å². The molecule has 1 rings (SSSR count). The summed E-state index contributed by atoms with van der Waals surface area (Å²) in [6.45, 7) is 9.35. The Morgan fingerprint density at radius 1 is 1.13 bits per heavy atom. The van der Waals surface area contributed by atoms with E-state index in [9.17, 15) is 0 Å². The van der Waals surface area contributed by atoms with Gasteiger partial charge < -0.3 is 4.57 Å². The lowest BCUT2D eigenvalue weighted by atomic mass is 10.2. The average Bonchev–Trinajstić information content (AvgIpc) is 2.57. The van der Waals surface area contributed by atoms with Crippen LogP contribution in [0.25, 0.3) is 12.2 Å². The Hall–Kier alpha value is -1.31. The van der Waals surface area contributed by atoms with Crippen molar-refractivity contribution in [2.75, 3.05) is 0 Å². The van der Waals surface area contributed by atoms with Crippen molar-refractivity contribution >= 4 is 12.2 Å². The zero-order chi connectivity index (χ0) is 11.3. The van der Waals surface area contributed by atoms with Gasteiger partial charge in [-0.25, -0.2) is 4.98 Å². The Morgan fingerprint density at radius 3 is 2.27 bits per heavy atom. The fraction of sp³-hybridized carbons (Fsp3) is 0.462. The molecule has 1 heterocycles. The van der Waals surface area contributed by atoms with Crippen molar-refractivity contribution in [3.05, 3.63) is 29.4 Å². The first-order valence-electron chi connectivity index (χ1n) is 5.63. The average molecular weight is 204 g/mol. The molecule has 1 aromatic rings. The Balaban J connectivity index is 3.32. The molecule has 0 amide bonds. The summed E-state index contributed by atoms with van der Waals surface area (Å²) in [5, 5.41) is 0. The molecule has 0 aliphatic rings. The summed E-state index contributed by atoms with van der Waals surface area (Å²) in [6.07, 6.45) is 9.28. The number of hydrogen-bond acceptors (Lipinski definition) is 1. The molecule has 0 spiro atoms. The van der Waals surface area contributed by atoms with Crippen LogP contribution < -0.4 is 0 Å². The highest BCUT2D eigenvalue weighted by atomic mass is 15.1. The summed E-state index contributed by atoms with van der Waals surface area (Å²) in [5.41, 5.74) is 2.30. The Labute approximate surface area is 92.3 Å². The van der Waals surface area contributed by atoms with Gasteiger partial charge >= 0.3 is 0 Å². The number of rotatable bonds is 4. The highest BCUT2D eigenvalue weighted by Crippen LogP contribution is 2.16. The van der Waals surface area contributed by atoms with Crippen LogP contribution in [0.2, 0.25) is 0 Å². The van der Waals surface area contributed by atoms with Crippen LogP contribution in [0.3, 0.4) is 0 Å². The Kier molecular flexibility index (Phi) is 4.35. The molecule has 15 heavy (non-hydrogen) atoms. The second kappa shape index (κ2) is 5.54. The molecule has 82 valence electrons. The third-order valence-electron chi connectivity index (χ3n) is 2.40. The summed E-state index contributed by atoms with van der Waals surface area (Å²) in [7, 11) is 0. The first kappa shape index (κ1) is 11.8. The van der Waals surface area contributed by atoms with Gasteiger partial charge in [0.2, 0.25) is 0 Å². The van der Waals surface area contributed by atoms with Crippen molar-refractivity contribution in [1.82, 2.24) is 9.55 Å². The van der Waals surface area contributed by atoms with E-state index in [0.29, 0.717) is 0 Å². The molecule has 0 radical (unpaired) electrons. The van der Waals surface area contributed by atoms with E-state index in [0.717, 1.165) is 18.7 Å². The lowest BCUT2D eigenvalue weighted by molar-refractivity contribution is 0.700. The molecular weight excluding hydrogens is 184 g/mol. The lowest BCUT2D eigenvalue weighted by Crippen LogP contribution is -2.02. The van der Waals surface area contributed by atoms with Gasteiger partial charge in [0.25, 0.3) is 0 Å². The number of nitrogens with zero attached hydrogens (tertiary/aromatic N) is 2. The quantitative estimate of drug-likeness (QED) is 0.733. The molecule has 0 bridgehead atoms. The minimum atomic E-state index is 0.980. The van der Waals surface area contributed by atoms with Crippen LogP contribution in [0.5, 0.6) is 0 Å². The second-order valence-electron chi connectivity index (χ2n) is 3.40. The van der Waals surface area contributed by atoms with E-state index in [1.807, 2.05) is 19.9 Å². The molecule has 0 unspecified atom stereocenters. The lowest BCUT2D eigenvalue weighted by Gasteiger charge is -2.04. The second-order valence-corrected chi connectivity index (χ2v) is 3.40. The third kappa shape index (κ3) is 2.38. The zero-order valence-corrected chi connectivity index (χ0v) is 10.1. The zero-order valence-electron chi connectivity index (χ0n) is 10.1. The van der Waals surface area contributed by atoms with Crippen molar-refractivity contribution in [2.24, 2.45) is 0 Å². The molecule has 0 aliphatic heterocycles. The van der Waals surface area contributed by atoms with E-state index in [4.69, 9.17) is 0 Å². The molecule has 0 fully saturated rings. The normalized spacial score (nSPS) is 12.0. The monoisotopic (exact) mass is 204 g/mol. The van der Waals surface area contributed by atoms with Crippen molar-refractivity contribution in [3.63, 3.8) is 0 Å². The minimum Gasteiger partial charge on any atom is -0.328 e. The summed E-state index contributed by atoms with van der Waals surface area (Å²) in [6, 6.07) is 0. The molecule has 0 saturated carbocycles. The molecule has 0 N–H and O–H groups in total. The maximum absolute atomic E-state index is 4.63. The van der Waals surface area contributed by atoms with Gasteiger partial charge in [0.15, 0.2) is 0 Å². The predicted molar refractivity (Wildman–Crippen MR) is 66.7 cm³/mol. The van der Waals surface area contributed by atoms with Gasteiger partial charge in [0.1, 0.15) is 5.82 Å². The largest absolute Gasteiger partial charge is 0.328 e. The van der Waals surface area contributed by atoms with Crippen LogP contribution in [-0.4, -0.2) is 9.55 Å². The highest BCUT2D eigenvalue weighted by Gasteiger charge is 2.09. The molecule has 0 saturated heterocycles. The summed E-state index contributed by atoms with van der Waals surface area (Å²) >= 11 is 0. The number of imidazole rings is 1. The first-order chi connectivity index (χ1) is 7.28. The van der Waals surface area contributed by atoms with E-state index in [1.54, 1.807) is 0 Å². The van der Waals surface area contributed by atoms with Gasteiger partial charge in [0.05, 0.1) is 11.4 Å². The van der Waals surface area contributed by atoms with E-state index in [1.165, 1.54) is 11.5 Å². The molecule has 2 nitrogen and oxygen atoms in total. The number of aromatic nitrogens is 2. The molecule has 2 heteroatoms. The summed E-state index contributed by atoms with van der Waals surface area (Å²) in [5.74, 6) is 1.17. The van der Waals surface area contributed by atoms with Gasteiger partial charge in [0, 0.05) is 13.0 Å². The fourth-order valence-electron chi connectivity index (χ4n) is 1.77. The van der Waals surface area contributed by atoms with Crippen LogP contribution in [0.4, 0.5) is 0 Å². The molecule has 0 atom stereocenters. The van der Waals surface area contributed by atoms with Crippen molar-refractivity contribution in [2.45, 2.75) is 40.7 Å². The van der Waals surface area contributed by atoms with Gasteiger partial charge in [-0.15, -0.1) is 0 Å². The van der Waals surface area contributed by atoms with Crippen molar-refractivity contribution in [3.8, 4) is 0 Å². The van der Waals surface area contributed by atoms with Gasteiger partial charge in [-0.1, -0.05) is 19.1 Å². The number of aryl methyl sites for hydroxylation is 1. The van der Waals surface area contributed by atoms with E-state index in [-0.39, 0.29) is 0 Å². The fourth-order valence-corrected chi connectivity index (χ4v) is 1.77. The van der Waals surface area contributed by atoms with E-state index in [2.05, 4.69) is 41.6 Å². The molecule has 0 aromatic carbocycles. The third-order valence-corrected chi connectivity index (χ3v) is 2.40. The predicted octanol–water partition coefficient (Wildman–Crippen LogP) is 3.53. The molecule has 1 aromatic heterocycles. The minimum absolute atomic E-state index is 0.980. The van der Waals surface area contributed by atoms with Crippen LogP contribution in [0.15, 0.2) is 12.2 Å². The topological polar surface area (TPSA) is 17.8 Å². The summed E-state index contributed by atoms with van der Waals surface area (Å²) in [4.78, 5) is 4.63. The van der Waals surface area contributed by atoms with E-state index >= 15 is 0 Å². The first-order valence-corrected chi connectivity index (χ1v) is 5.63. The van der Waals surface area contributed by atoms with Gasteiger partial charge in [-0.2, -0.15) is 0 Å². The van der Waals surface area contributed by atoms with Gasteiger partial charge in [-0.05, 0) is 32.9 Å². The molecular formula is C13H20N2. The number of allylic oxidation sites excluding steroid dienone is 2. The molecule has 0 aliphatic carbocycles. The van der Waals surface area contributed by atoms with Crippen LogP contribution >= 0.6 is 0 Å². The number of hydrogen-bond donors (Lipinski definition) is 0. The van der Waals surface area contributed by atoms with Crippen molar-refractivity contribution in [1.29, 1.82) is 0 Å². The van der Waals surface area contributed by atoms with Gasteiger partial charge in [-0.3, -0.25) is 0 Å². The maximum atomic E-state index is 4.63. The SMILES string of the molecule is C/C=C\c1nc(CC)n(CC)c1/C=C/C. The highest BCUT2D eigenvalue weighted by molar-refractivity contribution is 5.60. The Bertz CT molecular complexity index is 370. The smallest absolute Gasteiger partial charge is 0.109 e. The van der Waals surface area contributed by atoms with E-state index < -0.39 is 0 Å². The Morgan fingerprint density at radius 2 is 1.80 bits per heavy atom. The summed E-state index contributed by atoms with van der Waals surface area (Å²) < 4.78 is 2.27. The van der Waals surface area contributed by atoms with Crippen molar-refractivity contribution < 1.29 is 0 Å². The van der Waals surface area contributed by atoms with Crippen LogP contribution in [-0.2, 0) is 13.0 Å². The maximum Gasteiger partial charge on any atom is 0.109 e. The van der Waals surface area contributed by atoms with Crippen LogP contribution in [0.1, 0.15) is 44.9 Å². The standard InChI is InChI=1S/C13H20N2/c1-5-9-11-12(10-6-2)15(8-4)13(7-3)14-11/h5-6,9-10H,7-8H2,1-4H3/b9-5-,10-6+.